The normalized spacial score (nSPS) is 14.6. The first kappa shape index (κ1) is 14.6. The smallest absolute Gasteiger partial charge is 0.315 e. The van der Waals surface area contributed by atoms with E-state index in [9.17, 15) is 14.3 Å². The van der Waals surface area contributed by atoms with Crippen LogP contribution >= 0.6 is 7.37 Å². The van der Waals surface area contributed by atoms with E-state index in [2.05, 4.69) is 9.47 Å². The van der Waals surface area contributed by atoms with Crippen molar-refractivity contribution >= 4 is 13.3 Å². The van der Waals surface area contributed by atoms with Gasteiger partial charge < -0.3 is 19.1 Å². The van der Waals surface area contributed by atoms with Crippen LogP contribution in [-0.2, 0) is 23.6 Å². The highest BCUT2D eigenvalue weighted by atomic mass is 31.2. The second-order valence-corrected chi connectivity index (χ2v) is 5.30. The van der Waals surface area contributed by atoms with Gasteiger partial charge >= 0.3 is 5.97 Å². The van der Waals surface area contributed by atoms with Crippen molar-refractivity contribution in [2.24, 2.45) is 0 Å². The average molecular weight is 240 g/mol. The van der Waals surface area contributed by atoms with E-state index in [0.717, 1.165) is 0 Å². The van der Waals surface area contributed by atoms with Crippen LogP contribution in [0, 0.1) is 0 Å². The number of carbonyl (C=O) groups excluding carboxylic acids is 1. The first-order valence-corrected chi connectivity index (χ1v) is 6.58. The maximum absolute atomic E-state index is 11.4. The van der Waals surface area contributed by atoms with Crippen LogP contribution < -0.4 is 0 Å². The van der Waals surface area contributed by atoms with Crippen molar-refractivity contribution in [1.82, 2.24) is 0 Å². The zero-order valence-corrected chi connectivity index (χ0v) is 9.87. The molecule has 0 heterocycles. The second-order valence-electron chi connectivity index (χ2n) is 2.85. The van der Waals surface area contributed by atoms with Gasteiger partial charge in [0.2, 0.25) is 7.37 Å². The first-order chi connectivity index (χ1) is 7.02. The Morgan fingerprint density at radius 1 is 1.47 bits per heavy atom. The molecule has 1 atom stereocenters. The van der Waals surface area contributed by atoms with Crippen LogP contribution in [0.2, 0.25) is 0 Å². The van der Waals surface area contributed by atoms with Gasteiger partial charge in [-0.3, -0.25) is 9.36 Å². The Bertz CT molecular complexity index is 229. The SMILES string of the molecule is CCOC(=O)CP(=O)(O)CCOCOC. The summed E-state index contributed by atoms with van der Waals surface area (Å²) in [6, 6.07) is 0. The maximum atomic E-state index is 11.4. The van der Waals surface area contributed by atoms with E-state index in [-0.39, 0.29) is 26.2 Å². The topological polar surface area (TPSA) is 82.1 Å². The summed E-state index contributed by atoms with van der Waals surface area (Å²) in [6.45, 7) is 2.00. The summed E-state index contributed by atoms with van der Waals surface area (Å²) in [6.07, 6.45) is -0.535. The Labute approximate surface area is 89.0 Å². The summed E-state index contributed by atoms with van der Waals surface area (Å²) in [5.41, 5.74) is 0. The lowest BCUT2D eigenvalue weighted by molar-refractivity contribution is -0.140. The molecule has 0 bridgehead atoms. The summed E-state index contributed by atoms with van der Waals surface area (Å²) < 4.78 is 25.4. The van der Waals surface area contributed by atoms with Crippen molar-refractivity contribution in [2.75, 3.05) is 39.4 Å². The Hall–Kier alpha value is -0.420. The van der Waals surface area contributed by atoms with Gasteiger partial charge in [0, 0.05) is 13.3 Å². The van der Waals surface area contributed by atoms with Crippen molar-refractivity contribution in [1.29, 1.82) is 0 Å². The van der Waals surface area contributed by atoms with Gasteiger partial charge in [-0.1, -0.05) is 0 Å². The molecule has 0 saturated heterocycles. The van der Waals surface area contributed by atoms with Crippen LogP contribution in [0.5, 0.6) is 0 Å². The summed E-state index contributed by atoms with van der Waals surface area (Å²) in [4.78, 5) is 20.3. The van der Waals surface area contributed by atoms with E-state index in [0.29, 0.717) is 0 Å². The van der Waals surface area contributed by atoms with Crippen molar-refractivity contribution in [2.45, 2.75) is 6.92 Å². The highest BCUT2D eigenvalue weighted by molar-refractivity contribution is 7.58. The standard InChI is InChI=1S/C8H17O6P/c1-3-14-8(9)6-15(10,11)5-4-13-7-12-2/h3-7H2,1-2H3,(H,10,11). The van der Waals surface area contributed by atoms with Crippen LogP contribution in [0.15, 0.2) is 0 Å². The van der Waals surface area contributed by atoms with Crippen LogP contribution in [0.1, 0.15) is 6.92 Å². The largest absolute Gasteiger partial charge is 0.466 e. The summed E-state index contributed by atoms with van der Waals surface area (Å²) >= 11 is 0. The molecule has 0 aromatic rings. The summed E-state index contributed by atoms with van der Waals surface area (Å²) in [5.74, 6) is -0.657. The zero-order valence-electron chi connectivity index (χ0n) is 8.97. The van der Waals surface area contributed by atoms with Gasteiger partial charge in [-0.25, -0.2) is 0 Å². The molecule has 0 aromatic heterocycles. The number of esters is 1. The number of hydrogen-bond acceptors (Lipinski definition) is 5. The Morgan fingerprint density at radius 2 is 2.13 bits per heavy atom. The third kappa shape index (κ3) is 8.57. The van der Waals surface area contributed by atoms with E-state index < -0.39 is 19.5 Å². The Kier molecular flexibility index (Phi) is 7.60. The number of hydrogen-bond donors (Lipinski definition) is 1. The third-order valence-electron chi connectivity index (χ3n) is 1.47. The minimum atomic E-state index is -3.47. The Balaban J connectivity index is 3.76. The highest BCUT2D eigenvalue weighted by Gasteiger charge is 2.23. The quantitative estimate of drug-likeness (QED) is 0.287. The van der Waals surface area contributed by atoms with E-state index in [1.807, 2.05) is 0 Å². The molecule has 6 nitrogen and oxygen atoms in total. The molecular weight excluding hydrogens is 223 g/mol. The van der Waals surface area contributed by atoms with Crippen molar-refractivity contribution < 1.29 is 28.5 Å². The molecule has 90 valence electrons. The summed E-state index contributed by atoms with van der Waals surface area (Å²) in [7, 11) is -2.02. The molecule has 0 aliphatic rings. The molecule has 1 unspecified atom stereocenters. The van der Waals surface area contributed by atoms with E-state index in [1.165, 1.54) is 7.11 Å². The predicted molar refractivity (Wildman–Crippen MR) is 54.0 cm³/mol. The van der Waals surface area contributed by atoms with Crippen molar-refractivity contribution in [3.8, 4) is 0 Å². The molecule has 15 heavy (non-hydrogen) atoms. The van der Waals surface area contributed by atoms with Gasteiger partial charge in [0.25, 0.3) is 0 Å². The third-order valence-corrected chi connectivity index (χ3v) is 3.10. The molecule has 0 aliphatic heterocycles. The number of methoxy groups -OCH3 is 1. The lowest BCUT2D eigenvalue weighted by Crippen LogP contribution is -2.13. The molecule has 0 amide bonds. The molecule has 1 N–H and O–H groups in total. The molecule has 7 heteroatoms. The van der Waals surface area contributed by atoms with E-state index in [4.69, 9.17) is 4.74 Å². The van der Waals surface area contributed by atoms with E-state index >= 15 is 0 Å². The fraction of sp³-hybridized carbons (Fsp3) is 0.875. The van der Waals surface area contributed by atoms with E-state index in [1.54, 1.807) is 6.92 Å². The minimum absolute atomic E-state index is 0.0689. The van der Waals surface area contributed by atoms with Gasteiger partial charge in [0.1, 0.15) is 13.0 Å². The van der Waals surface area contributed by atoms with Crippen LogP contribution in [0.25, 0.3) is 0 Å². The van der Waals surface area contributed by atoms with Crippen LogP contribution in [0.4, 0.5) is 0 Å². The van der Waals surface area contributed by atoms with Gasteiger partial charge in [0.15, 0.2) is 0 Å². The molecule has 0 aliphatic carbocycles. The van der Waals surface area contributed by atoms with Crippen molar-refractivity contribution in [3.05, 3.63) is 0 Å². The van der Waals surface area contributed by atoms with Gasteiger partial charge in [-0.15, -0.1) is 0 Å². The molecule has 0 aromatic carbocycles. The zero-order chi connectivity index (χ0) is 11.7. The first-order valence-electron chi connectivity index (χ1n) is 4.55. The van der Waals surface area contributed by atoms with Crippen LogP contribution in [-0.4, -0.2) is 50.3 Å². The monoisotopic (exact) mass is 240 g/mol. The fourth-order valence-electron chi connectivity index (χ4n) is 0.837. The molecular formula is C8H17O6P. The molecule has 0 fully saturated rings. The lowest BCUT2D eigenvalue weighted by atomic mass is 10.8. The highest BCUT2D eigenvalue weighted by Crippen LogP contribution is 2.39. The Morgan fingerprint density at radius 3 is 2.67 bits per heavy atom. The lowest BCUT2D eigenvalue weighted by Gasteiger charge is -2.10. The van der Waals surface area contributed by atoms with Gasteiger partial charge in [-0.05, 0) is 6.92 Å². The molecule has 0 rings (SSSR count). The summed E-state index contributed by atoms with van der Waals surface area (Å²) in [5, 5.41) is 0. The van der Waals surface area contributed by atoms with Gasteiger partial charge in [0.05, 0.1) is 13.2 Å². The predicted octanol–water partition coefficient (Wildman–Crippen LogP) is 0.440. The maximum Gasteiger partial charge on any atom is 0.315 e. The minimum Gasteiger partial charge on any atom is -0.466 e. The number of ether oxygens (including phenoxy) is 3. The van der Waals surface area contributed by atoms with Crippen LogP contribution in [0.3, 0.4) is 0 Å². The number of rotatable bonds is 8. The van der Waals surface area contributed by atoms with Crippen molar-refractivity contribution in [3.63, 3.8) is 0 Å². The average Bonchev–Trinajstić information content (AvgIpc) is 2.12. The molecule has 0 spiro atoms. The fourth-order valence-corrected chi connectivity index (χ4v) is 1.90. The second kappa shape index (κ2) is 7.82. The molecule has 0 radical (unpaired) electrons. The molecule has 0 saturated carbocycles. The van der Waals surface area contributed by atoms with Gasteiger partial charge in [-0.2, -0.15) is 0 Å². The number of carbonyl (C=O) groups is 1.